The van der Waals surface area contributed by atoms with Gasteiger partial charge in [0.25, 0.3) is 10.1 Å². The van der Waals surface area contributed by atoms with Gasteiger partial charge in [-0.05, 0) is 24.2 Å². The van der Waals surface area contributed by atoms with Gasteiger partial charge >= 0.3 is 5.97 Å². The molecule has 0 saturated carbocycles. The molecule has 0 aliphatic heterocycles. The van der Waals surface area contributed by atoms with Gasteiger partial charge in [0.05, 0.1) is 26.1 Å². The zero-order valence-corrected chi connectivity index (χ0v) is 18.3. The van der Waals surface area contributed by atoms with E-state index < -0.39 is 15.5 Å². The van der Waals surface area contributed by atoms with Crippen molar-refractivity contribution in [1.29, 1.82) is 0 Å². The lowest BCUT2D eigenvalue weighted by molar-refractivity contribution is -0.888. The average molecular weight is 381 g/mol. The second-order valence-corrected chi connectivity index (χ2v) is 11.7. The monoisotopic (exact) mass is 380 g/mol. The summed E-state index contributed by atoms with van der Waals surface area (Å²) >= 11 is 0. The lowest BCUT2D eigenvalue weighted by Crippen LogP contribution is -2.48. The number of esters is 1. The minimum Gasteiger partial charge on any atom is -0.459 e. The van der Waals surface area contributed by atoms with E-state index >= 15 is 0 Å². The van der Waals surface area contributed by atoms with Crippen LogP contribution in [0.5, 0.6) is 0 Å². The number of likely N-dealkylation sites (N-methyl/N-ethyl adjacent to an activating group) is 1. The summed E-state index contributed by atoms with van der Waals surface area (Å²) in [5.41, 5.74) is -0.866. The molecule has 0 aromatic carbocycles. The molecule has 0 saturated heterocycles. The van der Waals surface area contributed by atoms with Crippen molar-refractivity contribution in [3.05, 3.63) is 0 Å². The lowest BCUT2D eigenvalue weighted by Gasteiger charge is -2.43. The van der Waals surface area contributed by atoms with Gasteiger partial charge < -0.3 is 9.22 Å². The highest BCUT2D eigenvalue weighted by molar-refractivity contribution is 7.85. The Morgan fingerprint density at radius 2 is 1.48 bits per heavy atom. The van der Waals surface area contributed by atoms with Gasteiger partial charge in [-0.2, -0.15) is 8.42 Å². The highest BCUT2D eigenvalue weighted by Gasteiger charge is 2.47. The summed E-state index contributed by atoms with van der Waals surface area (Å²) in [5, 5.41) is 0. The molecule has 0 aliphatic carbocycles. The van der Waals surface area contributed by atoms with Gasteiger partial charge in [0.1, 0.15) is 18.9 Å². The molecule has 0 aliphatic rings. The van der Waals surface area contributed by atoms with E-state index in [0.717, 1.165) is 0 Å². The number of hydrogen-bond acceptors (Lipinski definition) is 4. The van der Waals surface area contributed by atoms with E-state index in [1.807, 2.05) is 41.8 Å². The molecule has 150 valence electrons. The number of carbonyl (C=O) groups is 1. The molecule has 0 rings (SSSR count). The molecule has 0 bridgehead atoms. The fourth-order valence-electron chi connectivity index (χ4n) is 2.72. The first-order chi connectivity index (χ1) is 10.8. The maximum atomic E-state index is 12.8. The van der Waals surface area contributed by atoms with E-state index in [-0.39, 0.29) is 35.7 Å². The molecule has 0 spiro atoms. The van der Waals surface area contributed by atoms with Crippen LogP contribution in [0.15, 0.2) is 0 Å². The van der Waals surface area contributed by atoms with Crippen LogP contribution in [0.1, 0.15) is 54.9 Å². The molecule has 0 radical (unpaired) electrons. The smallest absolute Gasteiger partial charge is 0.312 e. The first kappa shape index (κ1) is 24.3. The number of ether oxygens (including phenoxy) is 1. The number of hydrogen-bond donors (Lipinski definition) is 1. The summed E-state index contributed by atoms with van der Waals surface area (Å²) in [5.74, 6) is -0.526. The molecule has 25 heavy (non-hydrogen) atoms. The summed E-state index contributed by atoms with van der Waals surface area (Å²) in [7, 11) is -0.296. The number of quaternary nitrogens is 1. The third-order valence-corrected chi connectivity index (χ3v) is 5.57. The van der Waals surface area contributed by atoms with Crippen molar-refractivity contribution in [3.63, 3.8) is 0 Å². The summed E-state index contributed by atoms with van der Waals surface area (Å²) in [6.45, 7) is 15.4. The third-order valence-electron chi connectivity index (χ3n) is 4.87. The molecule has 1 unspecified atom stereocenters. The Morgan fingerprint density at radius 1 is 1.00 bits per heavy atom. The number of rotatable bonds is 8. The van der Waals surface area contributed by atoms with E-state index in [9.17, 15) is 13.2 Å². The summed E-state index contributed by atoms with van der Waals surface area (Å²) in [4.78, 5) is 12.8. The molecular formula is C18H38NO5S+. The van der Waals surface area contributed by atoms with Crippen LogP contribution in [0.3, 0.4) is 0 Å². The maximum absolute atomic E-state index is 12.8. The van der Waals surface area contributed by atoms with E-state index in [0.29, 0.717) is 17.4 Å². The first-order valence-electron chi connectivity index (χ1n) is 8.74. The first-order valence-corrected chi connectivity index (χ1v) is 10.3. The van der Waals surface area contributed by atoms with Crippen LogP contribution in [0.4, 0.5) is 0 Å². The minimum atomic E-state index is -3.98. The van der Waals surface area contributed by atoms with Crippen molar-refractivity contribution in [2.24, 2.45) is 16.2 Å². The molecule has 0 fully saturated rings. The second-order valence-electron chi connectivity index (χ2n) is 10.1. The van der Waals surface area contributed by atoms with E-state index in [4.69, 9.17) is 9.29 Å². The van der Waals surface area contributed by atoms with Gasteiger partial charge in [-0.25, -0.2) is 0 Å². The van der Waals surface area contributed by atoms with Crippen molar-refractivity contribution < 1.29 is 27.0 Å². The highest BCUT2D eigenvalue weighted by atomic mass is 32.2. The summed E-state index contributed by atoms with van der Waals surface area (Å²) in [6.07, 6.45) is 0.712. The van der Waals surface area contributed by atoms with Crippen molar-refractivity contribution >= 4 is 16.1 Å². The van der Waals surface area contributed by atoms with Gasteiger partial charge in [0.15, 0.2) is 0 Å². The quantitative estimate of drug-likeness (QED) is 0.398. The Balaban J connectivity index is 4.89. The van der Waals surface area contributed by atoms with Crippen molar-refractivity contribution in [3.8, 4) is 0 Å². The van der Waals surface area contributed by atoms with Crippen LogP contribution in [0, 0.1) is 16.2 Å². The zero-order valence-electron chi connectivity index (χ0n) is 17.5. The van der Waals surface area contributed by atoms with Gasteiger partial charge in [-0.3, -0.25) is 9.35 Å². The summed E-state index contributed by atoms with van der Waals surface area (Å²) < 4.78 is 36.6. The predicted molar refractivity (Wildman–Crippen MR) is 101 cm³/mol. The third kappa shape index (κ3) is 9.01. The van der Waals surface area contributed by atoms with Crippen LogP contribution in [-0.2, 0) is 19.6 Å². The molecule has 1 N–H and O–H groups in total. The van der Waals surface area contributed by atoms with Crippen LogP contribution in [0.2, 0.25) is 0 Å². The van der Waals surface area contributed by atoms with Gasteiger partial charge in [-0.1, -0.05) is 41.5 Å². The predicted octanol–water partition coefficient (Wildman–Crippen LogP) is 2.98. The fourth-order valence-corrected chi connectivity index (χ4v) is 3.45. The van der Waals surface area contributed by atoms with Crippen molar-refractivity contribution in [2.75, 3.05) is 39.5 Å². The Morgan fingerprint density at radius 3 is 1.84 bits per heavy atom. The van der Waals surface area contributed by atoms with E-state index in [2.05, 4.69) is 20.8 Å². The Kier molecular flexibility index (Phi) is 7.72. The molecule has 0 aromatic rings. The normalized spacial score (nSPS) is 16.4. The molecule has 7 heteroatoms. The van der Waals surface area contributed by atoms with Crippen LogP contribution in [-0.4, -0.2) is 63.0 Å². The van der Waals surface area contributed by atoms with E-state index in [1.54, 1.807) is 0 Å². The molecule has 1 atom stereocenters. The van der Waals surface area contributed by atoms with Crippen molar-refractivity contribution in [1.82, 2.24) is 0 Å². The van der Waals surface area contributed by atoms with Gasteiger partial charge in [-0.15, -0.1) is 0 Å². The molecular weight excluding hydrogens is 342 g/mol. The molecule has 6 nitrogen and oxygen atoms in total. The Bertz CT molecular complexity index is 555. The van der Waals surface area contributed by atoms with Crippen LogP contribution in [0.25, 0.3) is 0 Å². The van der Waals surface area contributed by atoms with Gasteiger partial charge in [0.2, 0.25) is 0 Å². The fraction of sp³-hybridized carbons (Fsp3) is 0.944. The zero-order chi connectivity index (χ0) is 20.3. The van der Waals surface area contributed by atoms with Crippen molar-refractivity contribution in [2.45, 2.75) is 54.9 Å². The highest BCUT2D eigenvalue weighted by Crippen LogP contribution is 2.47. The van der Waals surface area contributed by atoms with E-state index in [1.165, 1.54) is 0 Å². The Hall–Kier alpha value is -0.660. The average Bonchev–Trinajstić information content (AvgIpc) is 2.32. The molecule has 0 heterocycles. The lowest BCUT2D eigenvalue weighted by atomic mass is 9.61. The minimum absolute atomic E-state index is 0.00807. The summed E-state index contributed by atoms with van der Waals surface area (Å²) in [6, 6.07) is 0. The largest absolute Gasteiger partial charge is 0.459 e. The van der Waals surface area contributed by atoms with Crippen LogP contribution < -0.4 is 0 Å². The molecule has 0 aromatic heterocycles. The SMILES string of the molecule is CC(C)(C)CC(C)(C(=O)OCC[N+](C)(C)CCS(=O)(=O)O)C(C)(C)C. The topological polar surface area (TPSA) is 80.7 Å². The number of carbonyl (C=O) groups excluding carboxylic acids is 1. The van der Waals surface area contributed by atoms with Crippen LogP contribution >= 0.6 is 0 Å². The second kappa shape index (κ2) is 7.92. The maximum Gasteiger partial charge on any atom is 0.312 e. The Labute approximate surface area is 154 Å². The van der Waals surface area contributed by atoms with Gasteiger partial charge in [0, 0.05) is 0 Å². The molecule has 0 amide bonds. The number of nitrogens with zero attached hydrogens (tertiary/aromatic N) is 1. The standard InChI is InChI=1S/C18H37NO5S/c1-16(2,3)14-18(7,17(4,5)6)15(20)24-12-10-19(8,9)11-13-25(21,22)23/h10-14H2,1-9H3/p+1.